The summed E-state index contributed by atoms with van der Waals surface area (Å²) < 4.78 is 9.45. The second-order valence-corrected chi connectivity index (χ2v) is 5.31. The van der Waals surface area contributed by atoms with E-state index in [1.165, 1.54) is 0 Å². The first kappa shape index (κ1) is 15.5. The third-order valence-corrected chi connectivity index (χ3v) is 1.10. The van der Waals surface area contributed by atoms with E-state index in [1.807, 2.05) is 0 Å². The van der Waals surface area contributed by atoms with Crippen LogP contribution in [0.1, 0.15) is 41.5 Å². The SMILES string of the molecule is CC(C)(C)OC(=O)ON(O)C(=O)OC(C)(C)C. The van der Waals surface area contributed by atoms with Crippen LogP contribution in [-0.2, 0) is 14.3 Å². The fourth-order valence-corrected chi connectivity index (χ4v) is 0.677. The van der Waals surface area contributed by atoms with E-state index >= 15 is 0 Å². The molecule has 0 aromatic heterocycles. The Bertz CT molecular complexity index is 288. The maximum Gasteiger partial charge on any atom is 0.536 e. The van der Waals surface area contributed by atoms with E-state index in [9.17, 15) is 9.59 Å². The lowest BCUT2D eigenvalue weighted by atomic mass is 10.2. The van der Waals surface area contributed by atoms with Crippen LogP contribution in [-0.4, -0.2) is 33.9 Å². The van der Waals surface area contributed by atoms with E-state index in [4.69, 9.17) is 14.7 Å². The molecular formula is C10H19NO6. The molecular weight excluding hydrogens is 230 g/mol. The van der Waals surface area contributed by atoms with Gasteiger partial charge in [-0.15, -0.1) is 0 Å². The van der Waals surface area contributed by atoms with Crippen molar-refractivity contribution in [2.45, 2.75) is 52.7 Å². The Morgan fingerprint density at radius 3 is 1.71 bits per heavy atom. The topological polar surface area (TPSA) is 85.3 Å². The summed E-state index contributed by atoms with van der Waals surface area (Å²) in [6, 6.07) is 0. The van der Waals surface area contributed by atoms with Crippen LogP contribution in [0.15, 0.2) is 0 Å². The molecule has 0 aromatic rings. The van der Waals surface area contributed by atoms with Gasteiger partial charge in [-0.1, -0.05) is 0 Å². The lowest BCUT2D eigenvalue weighted by Gasteiger charge is -2.23. The van der Waals surface area contributed by atoms with Crippen molar-refractivity contribution in [3.05, 3.63) is 0 Å². The Morgan fingerprint density at radius 1 is 0.941 bits per heavy atom. The van der Waals surface area contributed by atoms with Crippen LogP contribution in [0.4, 0.5) is 9.59 Å². The standard InChI is InChI=1S/C10H19NO6/c1-9(2,3)15-7(12)11(14)17-8(13)16-10(4,5)6/h14H,1-6H3. The minimum Gasteiger partial charge on any atom is -0.440 e. The molecule has 0 fully saturated rings. The van der Waals surface area contributed by atoms with E-state index in [0.717, 1.165) is 0 Å². The summed E-state index contributed by atoms with van der Waals surface area (Å²) in [6.45, 7) is 9.65. The fraction of sp³-hybridized carbons (Fsp3) is 0.800. The van der Waals surface area contributed by atoms with Crippen molar-refractivity contribution in [2.75, 3.05) is 0 Å². The molecule has 0 aliphatic heterocycles. The van der Waals surface area contributed by atoms with Gasteiger partial charge in [0, 0.05) is 5.23 Å². The van der Waals surface area contributed by atoms with E-state index in [0.29, 0.717) is 0 Å². The monoisotopic (exact) mass is 249 g/mol. The normalized spacial score (nSPS) is 11.7. The highest BCUT2D eigenvalue weighted by Gasteiger charge is 2.26. The number of hydrogen-bond donors (Lipinski definition) is 1. The molecule has 0 saturated heterocycles. The Balaban J connectivity index is 4.22. The highest BCUT2D eigenvalue weighted by molar-refractivity contribution is 5.68. The molecule has 7 nitrogen and oxygen atoms in total. The molecule has 0 spiro atoms. The van der Waals surface area contributed by atoms with Gasteiger partial charge in [0.05, 0.1) is 0 Å². The molecule has 0 aromatic carbocycles. The predicted molar refractivity (Wildman–Crippen MR) is 57.2 cm³/mol. The van der Waals surface area contributed by atoms with Crippen molar-refractivity contribution in [2.24, 2.45) is 0 Å². The molecule has 17 heavy (non-hydrogen) atoms. The highest BCUT2D eigenvalue weighted by atomic mass is 17.0. The zero-order valence-electron chi connectivity index (χ0n) is 10.9. The van der Waals surface area contributed by atoms with Crippen LogP contribution in [0.5, 0.6) is 0 Å². The molecule has 0 unspecified atom stereocenters. The molecule has 100 valence electrons. The molecule has 0 heterocycles. The number of rotatable bonds is 0. The molecule has 1 amide bonds. The van der Waals surface area contributed by atoms with Crippen molar-refractivity contribution in [3.63, 3.8) is 0 Å². The first-order valence-electron chi connectivity index (χ1n) is 5.04. The van der Waals surface area contributed by atoms with E-state index in [-0.39, 0.29) is 5.23 Å². The molecule has 0 aliphatic rings. The lowest BCUT2D eigenvalue weighted by molar-refractivity contribution is -0.285. The summed E-state index contributed by atoms with van der Waals surface area (Å²) in [5.74, 6) is 0. The number of carbonyl (C=O) groups excluding carboxylic acids is 2. The maximum absolute atomic E-state index is 11.2. The first-order chi connectivity index (χ1) is 7.41. The second-order valence-electron chi connectivity index (χ2n) is 5.31. The van der Waals surface area contributed by atoms with Crippen LogP contribution in [0.3, 0.4) is 0 Å². The third kappa shape index (κ3) is 8.32. The second kappa shape index (κ2) is 5.22. The zero-order valence-corrected chi connectivity index (χ0v) is 10.9. The van der Waals surface area contributed by atoms with Gasteiger partial charge in [0.15, 0.2) is 0 Å². The van der Waals surface area contributed by atoms with E-state index in [1.54, 1.807) is 41.5 Å². The average molecular weight is 249 g/mol. The zero-order chi connectivity index (χ0) is 13.9. The van der Waals surface area contributed by atoms with Crippen molar-refractivity contribution in [1.29, 1.82) is 0 Å². The van der Waals surface area contributed by atoms with Gasteiger partial charge in [-0.3, -0.25) is 4.84 Å². The van der Waals surface area contributed by atoms with Crippen molar-refractivity contribution in [3.8, 4) is 0 Å². The van der Waals surface area contributed by atoms with Gasteiger partial charge < -0.3 is 9.47 Å². The lowest BCUT2D eigenvalue weighted by Crippen LogP contribution is -2.37. The van der Waals surface area contributed by atoms with Crippen molar-refractivity contribution >= 4 is 12.2 Å². The molecule has 0 radical (unpaired) electrons. The Morgan fingerprint density at radius 2 is 1.35 bits per heavy atom. The van der Waals surface area contributed by atoms with Crippen LogP contribution >= 0.6 is 0 Å². The molecule has 1 N–H and O–H groups in total. The van der Waals surface area contributed by atoms with Gasteiger partial charge in [0.2, 0.25) is 0 Å². The van der Waals surface area contributed by atoms with Crippen LogP contribution in [0, 0.1) is 0 Å². The minimum absolute atomic E-state index is 0.306. The summed E-state index contributed by atoms with van der Waals surface area (Å²) >= 11 is 0. The molecule has 0 bridgehead atoms. The van der Waals surface area contributed by atoms with Gasteiger partial charge in [0.1, 0.15) is 11.2 Å². The number of ether oxygens (including phenoxy) is 2. The highest BCUT2D eigenvalue weighted by Crippen LogP contribution is 2.11. The summed E-state index contributed by atoms with van der Waals surface area (Å²) in [4.78, 5) is 26.5. The van der Waals surface area contributed by atoms with Gasteiger partial charge in [0.25, 0.3) is 0 Å². The smallest absolute Gasteiger partial charge is 0.440 e. The van der Waals surface area contributed by atoms with Gasteiger partial charge in [-0.2, -0.15) is 0 Å². The summed E-state index contributed by atoms with van der Waals surface area (Å²) in [5, 5.41) is 8.78. The van der Waals surface area contributed by atoms with E-state index in [2.05, 4.69) is 4.84 Å². The maximum atomic E-state index is 11.2. The third-order valence-electron chi connectivity index (χ3n) is 1.10. The Hall–Kier alpha value is -1.50. The number of amides is 1. The van der Waals surface area contributed by atoms with Crippen LogP contribution in [0.25, 0.3) is 0 Å². The van der Waals surface area contributed by atoms with Crippen molar-refractivity contribution < 1.29 is 29.1 Å². The summed E-state index contributed by atoms with van der Waals surface area (Å²) in [5.41, 5.74) is -1.60. The molecule has 0 saturated carbocycles. The fourth-order valence-electron chi connectivity index (χ4n) is 0.677. The quantitative estimate of drug-likeness (QED) is 0.403. The van der Waals surface area contributed by atoms with Gasteiger partial charge in [-0.25, -0.2) is 14.8 Å². The number of nitrogens with zero attached hydrogens (tertiary/aromatic N) is 1. The number of hydroxylamine groups is 2. The minimum atomic E-state index is -1.21. The first-order valence-corrected chi connectivity index (χ1v) is 5.04. The molecule has 7 heteroatoms. The van der Waals surface area contributed by atoms with Gasteiger partial charge in [-0.05, 0) is 41.5 Å². The molecule has 0 rings (SSSR count). The Kier molecular flexibility index (Phi) is 4.76. The van der Waals surface area contributed by atoms with Crippen LogP contribution in [0.2, 0.25) is 0 Å². The Labute approximate surface area is 100 Å². The summed E-state index contributed by atoms with van der Waals surface area (Å²) in [7, 11) is 0. The predicted octanol–water partition coefficient (Wildman–Crippen LogP) is 2.48. The molecule has 0 atom stereocenters. The largest absolute Gasteiger partial charge is 0.536 e. The van der Waals surface area contributed by atoms with Crippen LogP contribution < -0.4 is 0 Å². The van der Waals surface area contributed by atoms with E-state index < -0.39 is 23.5 Å². The van der Waals surface area contributed by atoms with Gasteiger partial charge >= 0.3 is 12.2 Å². The molecule has 0 aliphatic carbocycles. The average Bonchev–Trinajstić information content (AvgIpc) is 1.95. The summed E-state index contributed by atoms with van der Waals surface area (Å²) in [6.07, 6.45) is -2.41. The number of carbonyl (C=O) groups is 2. The van der Waals surface area contributed by atoms with Crippen molar-refractivity contribution in [1.82, 2.24) is 5.23 Å². The number of hydrogen-bond acceptors (Lipinski definition) is 6.